The van der Waals surface area contributed by atoms with Gasteiger partial charge in [-0.15, -0.1) is 0 Å². The molecule has 1 aliphatic rings. The fraction of sp³-hybridized carbons (Fsp3) is 0.400. The van der Waals surface area contributed by atoms with E-state index in [0.717, 1.165) is 16.9 Å². The van der Waals surface area contributed by atoms with E-state index < -0.39 is 12.1 Å². The number of carbonyl (C=O) groups is 3. The van der Waals surface area contributed by atoms with Gasteiger partial charge < -0.3 is 5.32 Å². The number of hydrogen-bond donors (Lipinski definition) is 1. The van der Waals surface area contributed by atoms with E-state index in [9.17, 15) is 14.4 Å². The third-order valence-corrected chi connectivity index (χ3v) is 3.26. The molecule has 0 saturated carbocycles. The van der Waals surface area contributed by atoms with E-state index in [2.05, 4.69) is 5.32 Å². The van der Waals surface area contributed by atoms with Gasteiger partial charge in [0.25, 0.3) is 5.91 Å². The molecule has 1 heterocycles. The van der Waals surface area contributed by atoms with Crippen LogP contribution < -0.4 is 5.32 Å². The fourth-order valence-electron chi connectivity index (χ4n) is 2.27. The van der Waals surface area contributed by atoms with Crippen LogP contribution in [0.15, 0.2) is 30.3 Å². The Morgan fingerprint density at radius 3 is 2.60 bits per heavy atom. The van der Waals surface area contributed by atoms with Crippen molar-refractivity contribution in [1.29, 1.82) is 0 Å². The van der Waals surface area contributed by atoms with E-state index in [4.69, 9.17) is 0 Å². The van der Waals surface area contributed by atoms with Crippen molar-refractivity contribution in [2.24, 2.45) is 0 Å². The molecule has 0 radical (unpaired) electrons. The van der Waals surface area contributed by atoms with Gasteiger partial charge in [-0.05, 0) is 12.0 Å². The molecule has 106 valence electrons. The van der Waals surface area contributed by atoms with E-state index in [1.54, 1.807) is 0 Å². The molecule has 1 fully saturated rings. The first-order chi connectivity index (χ1) is 9.61. The summed E-state index contributed by atoms with van der Waals surface area (Å²) in [6, 6.07) is 8.35. The lowest BCUT2D eigenvalue weighted by Crippen LogP contribution is -2.36. The highest BCUT2D eigenvalue weighted by Gasteiger charge is 2.37. The summed E-state index contributed by atoms with van der Waals surface area (Å²) >= 11 is 0. The summed E-state index contributed by atoms with van der Waals surface area (Å²) in [4.78, 5) is 36.7. The van der Waals surface area contributed by atoms with Crippen LogP contribution in [0.3, 0.4) is 0 Å². The van der Waals surface area contributed by atoms with Crippen LogP contribution in [0.4, 0.5) is 4.79 Å². The van der Waals surface area contributed by atoms with Crippen LogP contribution in [-0.2, 0) is 16.0 Å². The number of hydrogen-bond acceptors (Lipinski definition) is 3. The first-order valence-electron chi connectivity index (χ1n) is 6.79. The van der Waals surface area contributed by atoms with E-state index in [-0.39, 0.29) is 24.7 Å². The zero-order valence-electron chi connectivity index (χ0n) is 11.5. The van der Waals surface area contributed by atoms with Crippen molar-refractivity contribution in [1.82, 2.24) is 10.2 Å². The van der Waals surface area contributed by atoms with Gasteiger partial charge in [0.1, 0.15) is 6.04 Å². The van der Waals surface area contributed by atoms with Crippen LogP contribution in [-0.4, -0.2) is 35.2 Å². The minimum atomic E-state index is -0.475. The average molecular weight is 274 g/mol. The Balaban J connectivity index is 1.94. The number of carbonyl (C=O) groups excluding carboxylic acids is 3. The minimum absolute atomic E-state index is 0.142. The van der Waals surface area contributed by atoms with Crippen LogP contribution in [0.2, 0.25) is 0 Å². The Bertz CT molecular complexity index is 513. The second-order valence-electron chi connectivity index (χ2n) is 4.92. The van der Waals surface area contributed by atoms with Crippen LogP contribution in [0.1, 0.15) is 25.3 Å². The molecule has 1 saturated heterocycles. The molecular formula is C15H18N2O3. The van der Waals surface area contributed by atoms with Gasteiger partial charge in [0, 0.05) is 6.42 Å². The summed E-state index contributed by atoms with van der Waals surface area (Å²) in [5.74, 6) is -0.435. The van der Waals surface area contributed by atoms with Crippen LogP contribution >= 0.6 is 0 Å². The maximum absolute atomic E-state index is 12.0. The fourth-order valence-corrected chi connectivity index (χ4v) is 2.27. The molecule has 20 heavy (non-hydrogen) atoms. The van der Waals surface area contributed by atoms with Crippen molar-refractivity contribution in [2.45, 2.75) is 32.2 Å². The number of amides is 3. The molecule has 1 unspecified atom stereocenters. The zero-order valence-corrected chi connectivity index (χ0v) is 11.5. The van der Waals surface area contributed by atoms with Crippen LogP contribution in [0.25, 0.3) is 0 Å². The summed E-state index contributed by atoms with van der Waals surface area (Å²) in [5.41, 5.74) is 0.884. The Labute approximate surface area is 118 Å². The minimum Gasteiger partial charge on any atom is -0.326 e. The Kier molecular flexibility index (Phi) is 4.50. The van der Waals surface area contributed by atoms with Gasteiger partial charge in [0.05, 0.1) is 6.54 Å². The summed E-state index contributed by atoms with van der Waals surface area (Å²) in [5, 5.41) is 2.61. The van der Waals surface area contributed by atoms with Crippen LogP contribution in [0.5, 0.6) is 0 Å². The van der Waals surface area contributed by atoms with Crippen molar-refractivity contribution >= 4 is 17.7 Å². The quantitative estimate of drug-likeness (QED) is 0.800. The SMILES string of the molecule is CCCC1NC(=O)N(CC(=O)Cc2ccccc2)C1=O. The Morgan fingerprint density at radius 1 is 1.25 bits per heavy atom. The maximum Gasteiger partial charge on any atom is 0.325 e. The van der Waals surface area contributed by atoms with Crippen molar-refractivity contribution < 1.29 is 14.4 Å². The first kappa shape index (κ1) is 14.2. The third kappa shape index (κ3) is 3.23. The number of Topliss-reactive ketones (excluding diaryl/α,β-unsaturated/α-hetero) is 1. The highest BCUT2D eigenvalue weighted by atomic mass is 16.2. The molecule has 5 nitrogen and oxygen atoms in total. The Hall–Kier alpha value is -2.17. The topological polar surface area (TPSA) is 66.5 Å². The number of nitrogens with zero attached hydrogens (tertiary/aromatic N) is 1. The molecule has 0 aliphatic carbocycles. The average Bonchev–Trinajstić information content (AvgIpc) is 2.68. The monoisotopic (exact) mass is 274 g/mol. The molecule has 1 aliphatic heterocycles. The molecule has 1 atom stereocenters. The number of benzene rings is 1. The van der Waals surface area contributed by atoms with Gasteiger partial charge in [-0.2, -0.15) is 0 Å². The molecule has 1 aromatic rings. The Morgan fingerprint density at radius 2 is 1.95 bits per heavy atom. The van der Waals surface area contributed by atoms with Gasteiger partial charge in [-0.3, -0.25) is 14.5 Å². The maximum atomic E-state index is 12.0. The summed E-state index contributed by atoms with van der Waals surface area (Å²) in [6.45, 7) is 1.79. The van der Waals surface area contributed by atoms with E-state index >= 15 is 0 Å². The second-order valence-corrected chi connectivity index (χ2v) is 4.92. The van der Waals surface area contributed by atoms with E-state index in [1.807, 2.05) is 37.3 Å². The van der Waals surface area contributed by atoms with Crippen molar-refractivity contribution in [3.63, 3.8) is 0 Å². The van der Waals surface area contributed by atoms with Gasteiger partial charge in [-0.1, -0.05) is 43.7 Å². The molecule has 3 amide bonds. The summed E-state index contributed by atoms with van der Waals surface area (Å²) in [7, 11) is 0. The molecule has 1 aromatic carbocycles. The third-order valence-electron chi connectivity index (χ3n) is 3.26. The summed E-state index contributed by atoms with van der Waals surface area (Å²) in [6.07, 6.45) is 1.65. The lowest BCUT2D eigenvalue weighted by Gasteiger charge is -2.12. The number of urea groups is 1. The molecule has 0 aromatic heterocycles. The highest BCUT2D eigenvalue weighted by molar-refractivity contribution is 6.06. The van der Waals surface area contributed by atoms with Gasteiger partial charge in [-0.25, -0.2) is 4.79 Å². The van der Waals surface area contributed by atoms with Gasteiger partial charge in [0.2, 0.25) is 0 Å². The van der Waals surface area contributed by atoms with Crippen molar-refractivity contribution in [3.8, 4) is 0 Å². The molecule has 5 heteroatoms. The second kappa shape index (κ2) is 6.32. The van der Waals surface area contributed by atoms with Crippen molar-refractivity contribution in [3.05, 3.63) is 35.9 Å². The smallest absolute Gasteiger partial charge is 0.325 e. The predicted molar refractivity (Wildman–Crippen MR) is 74.1 cm³/mol. The number of nitrogens with one attached hydrogen (secondary N) is 1. The molecule has 0 bridgehead atoms. The van der Waals surface area contributed by atoms with Gasteiger partial charge >= 0.3 is 6.03 Å². The van der Waals surface area contributed by atoms with E-state index in [1.165, 1.54) is 0 Å². The molecule has 2 rings (SSSR count). The van der Waals surface area contributed by atoms with E-state index in [0.29, 0.717) is 6.42 Å². The number of imide groups is 1. The number of rotatable bonds is 6. The lowest BCUT2D eigenvalue weighted by atomic mass is 10.1. The number of ketones is 1. The molecule has 1 N–H and O–H groups in total. The summed E-state index contributed by atoms with van der Waals surface area (Å²) < 4.78 is 0. The molecular weight excluding hydrogens is 256 g/mol. The first-order valence-corrected chi connectivity index (χ1v) is 6.79. The van der Waals surface area contributed by atoms with Crippen molar-refractivity contribution in [2.75, 3.05) is 6.54 Å². The lowest BCUT2D eigenvalue weighted by molar-refractivity contribution is -0.131. The van der Waals surface area contributed by atoms with Crippen LogP contribution in [0, 0.1) is 0 Å². The highest BCUT2D eigenvalue weighted by Crippen LogP contribution is 2.11. The normalized spacial score (nSPS) is 18.2. The predicted octanol–water partition coefficient (Wildman–Crippen LogP) is 1.52. The largest absolute Gasteiger partial charge is 0.326 e. The van der Waals surface area contributed by atoms with Gasteiger partial charge in [0.15, 0.2) is 5.78 Å². The molecule has 0 spiro atoms. The standard InChI is InChI=1S/C15H18N2O3/c1-2-6-13-14(19)17(15(20)16-13)10-12(18)9-11-7-4-3-5-8-11/h3-5,7-8,13H,2,6,9-10H2,1H3,(H,16,20). The zero-order chi connectivity index (χ0) is 14.5.